The molecule has 0 saturated carbocycles. The molecule has 1 fully saturated rings. The van der Waals surface area contributed by atoms with Gasteiger partial charge in [-0.15, -0.1) is 0 Å². The summed E-state index contributed by atoms with van der Waals surface area (Å²) in [6, 6.07) is 20.7. The minimum Gasteiger partial charge on any atom is -0.496 e. The summed E-state index contributed by atoms with van der Waals surface area (Å²) >= 11 is 5.48. The lowest BCUT2D eigenvalue weighted by Crippen LogP contribution is -2.33. The normalized spacial score (nSPS) is 16.4. The molecule has 0 radical (unpaired) electrons. The van der Waals surface area contributed by atoms with Crippen molar-refractivity contribution in [3.8, 4) is 23.0 Å². The quantitative estimate of drug-likeness (QED) is 0.378. The van der Waals surface area contributed by atoms with Crippen molar-refractivity contribution >= 4 is 29.3 Å². The lowest BCUT2D eigenvalue weighted by molar-refractivity contribution is -0.123. The Bertz CT molecular complexity index is 1310. The number of amides is 1. The summed E-state index contributed by atoms with van der Waals surface area (Å²) in [6.07, 6.45) is 1.79. The summed E-state index contributed by atoms with van der Waals surface area (Å²) < 4.78 is 22.2. The van der Waals surface area contributed by atoms with E-state index in [1.54, 1.807) is 24.2 Å². The first-order valence-corrected chi connectivity index (χ1v) is 11.5. The zero-order chi connectivity index (χ0) is 24.4. The second-order valence-corrected chi connectivity index (χ2v) is 8.51. The van der Waals surface area contributed by atoms with Crippen LogP contribution in [-0.2, 0) is 11.4 Å². The number of benzene rings is 3. The van der Waals surface area contributed by atoms with Gasteiger partial charge in [-0.25, -0.2) is 0 Å². The van der Waals surface area contributed by atoms with Crippen molar-refractivity contribution in [3.63, 3.8) is 0 Å². The number of carbonyl (C=O) groups excluding carboxylic acids is 1. The molecule has 5 rings (SSSR count). The summed E-state index contributed by atoms with van der Waals surface area (Å²) in [5.41, 5.74) is 3.09. The standard InChI is InChI=1S/C27H24N2O5S/c1-17(19-6-4-3-5-7-19)29-26(30)22(28-27(29)35)13-18-8-10-23(31-2)20(12-18)15-32-21-9-11-24-25(14-21)34-16-33-24/h3-14,17H,15-16H2,1-2H3,(H,28,35)/b22-13-. The number of thiocarbonyl (C=S) groups is 1. The van der Waals surface area contributed by atoms with E-state index in [1.807, 2.05) is 67.6 Å². The van der Waals surface area contributed by atoms with Gasteiger partial charge in [-0.3, -0.25) is 9.69 Å². The molecule has 1 amide bonds. The molecule has 2 aliphatic rings. The summed E-state index contributed by atoms with van der Waals surface area (Å²) in [5.74, 6) is 2.53. The predicted molar refractivity (Wildman–Crippen MR) is 135 cm³/mol. The van der Waals surface area contributed by atoms with Gasteiger partial charge in [-0.05, 0) is 60.6 Å². The van der Waals surface area contributed by atoms with Crippen LogP contribution in [0.1, 0.15) is 29.7 Å². The van der Waals surface area contributed by atoms with Crippen molar-refractivity contribution in [3.05, 3.63) is 89.1 Å². The molecule has 7 nitrogen and oxygen atoms in total. The van der Waals surface area contributed by atoms with Crippen molar-refractivity contribution in [2.75, 3.05) is 13.9 Å². The highest BCUT2D eigenvalue weighted by atomic mass is 32.1. The van der Waals surface area contributed by atoms with Gasteiger partial charge in [0.15, 0.2) is 16.6 Å². The molecule has 2 heterocycles. The Labute approximate surface area is 208 Å². The Balaban J connectivity index is 1.34. The van der Waals surface area contributed by atoms with Crippen LogP contribution in [0.2, 0.25) is 0 Å². The Morgan fingerprint density at radius 2 is 1.89 bits per heavy atom. The molecule has 8 heteroatoms. The topological polar surface area (TPSA) is 69.3 Å². The van der Waals surface area contributed by atoms with Crippen LogP contribution in [0, 0.1) is 0 Å². The van der Waals surface area contributed by atoms with Crippen LogP contribution >= 0.6 is 12.2 Å². The van der Waals surface area contributed by atoms with E-state index in [0.29, 0.717) is 33.8 Å². The summed E-state index contributed by atoms with van der Waals surface area (Å²) in [6.45, 7) is 2.45. The Hall–Kier alpha value is -4.04. The average molecular weight is 489 g/mol. The molecule has 0 spiro atoms. The van der Waals surface area contributed by atoms with Crippen LogP contribution in [-0.4, -0.2) is 29.8 Å². The van der Waals surface area contributed by atoms with Gasteiger partial charge in [0.05, 0.1) is 13.2 Å². The number of hydrogen-bond acceptors (Lipinski definition) is 6. The molecule has 3 aromatic rings. The van der Waals surface area contributed by atoms with Gasteiger partial charge in [0, 0.05) is 11.6 Å². The highest BCUT2D eigenvalue weighted by molar-refractivity contribution is 7.80. The first kappa shape index (κ1) is 22.7. The fourth-order valence-electron chi connectivity index (χ4n) is 4.08. The zero-order valence-electron chi connectivity index (χ0n) is 19.3. The van der Waals surface area contributed by atoms with Gasteiger partial charge in [0.25, 0.3) is 5.91 Å². The second-order valence-electron chi connectivity index (χ2n) is 8.13. The van der Waals surface area contributed by atoms with Crippen LogP contribution in [0.5, 0.6) is 23.0 Å². The molecule has 1 saturated heterocycles. The Kier molecular flexibility index (Phi) is 6.29. The fourth-order valence-corrected chi connectivity index (χ4v) is 4.43. The smallest absolute Gasteiger partial charge is 0.277 e. The molecule has 0 aromatic heterocycles. The summed E-state index contributed by atoms with van der Waals surface area (Å²) in [7, 11) is 1.61. The van der Waals surface area contributed by atoms with Gasteiger partial charge < -0.3 is 24.3 Å². The maximum absolute atomic E-state index is 13.2. The third-order valence-electron chi connectivity index (χ3n) is 5.93. The lowest BCUT2D eigenvalue weighted by Gasteiger charge is -2.23. The van der Waals surface area contributed by atoms with E-state index in [1.165, 1.54) is 0 Å². The number of hydrogen-bond donors (Lipinski definition) is 1. The second kappa shape index (κ2) is 9.68. The SMILES string of the molecule is COc1ccc(/C=C2\NC(=S)N(C(C)c3ccccc3)C2=O)cc1COc1ccc2c(c1)OCO2. The maximum atomic E-state index is 13.2. The minimum atomic E-state index is -0.184. The number of nitrogens with zero attached hydrogens (tertiary/aromatic N) is 1. The van der Waals surface area contributed by atoms with E-state index in [2.05, 4.69) is 5.32 Å². The molecule has 1 N–H and O–H groups in total. The van der Waals surface area contributed by atoms with Crippen molar-refractivity contribution in [1.82, 2.24) is 10.2 Å². The molecule has 1 unspecified atom stereocenters. The first-order valence-electron chi connectivity index (χ1n) is 11.1. The van der Waals surface area contributed by atoms with Gasteiger partial charge in [0.1, 0.15) is 23.8 Å². The van der Waals surface area contributed by atoms with E-state index >= 15 is 0 Å². The third-order valence-corrected chi connectivity index (χ3v) is 6.23. The van der Waals surface area contributed by atoms with E-state index in [9.17, 15) is 4.79 Å². The number of rotatable bonds is 7. The van der Waals surface area contributed by atoms with E-state index < -0.39 is 0 Å². The molecule has 3 aromatic carbocycles. The van der Waals surface area contributed by atoms with Crippen LogP contribution in [0.25, 0.3) is 6.08 Å². The molecule has 2 aliphatic heterocycles. The molecular weight excluding hydrogens is 464 g/mol. The molecule has 1 atom stereocenters. The van der Waals surface area contributed by atoms with E-state index in [-0.39, 0.29) is 25.3 Å². The zero-order valence-corrected chi connectivity index (χ0v) is 20.1. The molecular formula is C27H24N2O5S. The van der Waals surface area contributed by atoms with Gasteiger partial charge >= 0.3 is 0 Å². The monoisotopic (exact) mass is 488 g/mol. The number of fused-ring (bicyclic) bond motifs is 1. The largest absolute Gasteiger partial charge is 0.496 e. The van der Waals surface area contributed by atoms with E-state index in [4.69, 9.17) is 31.2 Å². The fraction of sp³-hybridized carbons (Fsp3) is 0.185. The van der Waals surface area contributed by atoms with Crippen LogP contribution in [0.3, 0.4) is 0 Å². The highest BCUT2D eigenvalue weighted by Gasteiger charge is 2.34. The van der Waals surface area contributed by atoms with Crippen LogP contribution in [0.4, 0.5) is 0 Å². The summed E-state index contributed by atoms with van der Waals surface area (Å²) in [5, 5.41) is 3.45. The van der Waals surface area contributed by atoms with Gasteiger partial charge in [-0.2, -0.15) is 0 Å². The van der Waals surface area contributed by atoms with Crippen molar-refractivity contribution in [2.24, 2.45) is 0 Å². The predicted octanol–water partition coefficient (Wildman–Crippen LogP) is 4.82. The van der Waals surface area contributed by atoms with Gasteiger partial charge in [-0.1, -0.05) is 36.4 Å². The molecule has 0 aliphatic carbocycles. The molecule has 35 heavy (non-hydrogen) atoms. The number of methoxy groups -OCH3 is 1. The molecule has 0 bridgehead atoms. The lowest BCUT2D eigenvalue weighted by atomic mass is 10.1. The highest BCUT2D eigenvalue weighted by Crippen LogP contribution is 2.35. The number of nitrogens with one attached hydrogen (secondary N) is 1. The Morgan fingerprint density at radius 3 is 2.69 bits per heavy atom. The van der Waals surface area contributed by atoms with Crippen molar-refractivity contribution in [2.45, 2.75) is 19.6 Å². The average Bonchev–Trinajstić information content (AvgIpc) is 3.46. The van der Waals surface area contributed by atoms with Gasteiger partial charge in [0.2, 0.25) is 6.79 Å². The Morgan fingerprint density at radius 1 is 1.09 bits per heavy atom. The minimum absolute atomic E-state index is 0.166. The maximum Gasteiger partial charge on any atom is 0.277 e. The third kappa shape index (κ3) is 4.65. The molecule has 178 valence electrons. The first-order chi connectivity index (χ1) is 17.0. The number of carbonyl (C=O) groups is 1. The van der Waals surface area contributed by atoms with Crippen molar-refractivity contribution in [1.29, 1.82) is 0 Å². The van der Waals surface area contributed by atoms with Crippen molar-refractivity contribution < 1.29 is 23.7 Å². The number of ether oxygens (including phenoxy) is 4. The van der Waals surface area contributed by atoms with Crippen LogP contribution < -0.4 is 24.3 Å². The van der Waals surface area contributed by atoms with E-state index in [0.717, 1.165) is 16.7 Å². The summed E-state index contributed by atoms with van der Waals surface area (Å²) in [4.78, 5) is 14.8. The van der Waals surface area contributed by atoms with Crippen LogP contribution in [0.15, 0.2) is 72.4 Å².